The van der Waals surface area contributed by atoms with Gasteiger partial charge in [-0.2, -0.15) is 0 Å². The second-order valence-electron chi connectivity index (χ2n) is 10.0. The molecule has 5 rings (SSSR count). The molecule has 0 spiro atoms. The number of methoxy groups -OCH3 is 3. The summed E-state index contributed by atoms with van der Waals surface area (Å²) >= 11 is 0. The maximum Gasteiger partial charge on any atom is 0.161 e. The molecule has 256 valence electrons. The van der Waals surface area contributed by atoms with Crippen LogP contribution in [0.2, 0.25) is 0 Å². The molecular weight excluding hydrogens is 611 g/mol. The molecule has 3 aliphatic heterocycles. The maximum absolute atomic E-state index is 10.3. The molecule has 0 bridgehead atoms. The highest BCUT2D eigenvalue weighted by molar-refractivity contribution is 5.85. The summed E-state index contributed by atoms with van der Waals surface area (Å²) in [5.74, 6) is 3.76. The van der Waals surface area contributed by atoms with E-state index in [1.165, 1.54) is 28.7 Å². The number of rotatable bonds is 6. The van der Waals surface area contributed by atoms with Crippen molar-refractivity contribution in [3.05, 3.63) is 46.5 Å². The van der Waals surface area contributed by atoms with E-state index in [-0.39, 0.29) is 74.9 Å². The first kappa shape index (κ1) is 50.5. The Hall–Kier alpha value is -2.14. The molecule has 0 aliphatic carbocycles. The van der Waals surface area contributed by atoms with Gasteiger partial charge in [-0.1, -0.05) is 13.3 Å². The van der Waals surface area contributed by atoms with Gasteiger partial charge in [0.05, 0.1) is 21.3 Å². The van der Waals surface area contributed by atoms with Crippen LogP contribution in [-0.2, 0) is 12.8 Å². The molecule has 0 saturated carbocycles. The minimum absolute atomic E-state index is 0. The Morgan fingerprint density at radius 2 is 1.33 bits per heavy atom. The molecule has 0 radical (unpaired) electrons. The third-order valence-corrected chi connectivity index (χ3v) is 8.44. The Kier molecular flexibility index (Phi) is 25.3. The summed E-state index contributed by atoms with van der Waals surface area (Å²) in [5, 5.41) is 14.1. The maximum atomic E-state index is 10.3. The van der Waals surface area contributed by atoms with Crippen molar-refractivity contribution >= 4 is 24.8 Å². The summed E-state index contributed by atoms with van der Waals surface area (Å²) in [4.78, 5) is 2.70. The molecule has 3 heterocycles. The monoisotopic (exact) mass is 664 g/mol. The van der Waals surface area contributed by atoms with Crippen LogP contribution < -0.4 is 19.5 Å². The number of hydrogen-bond donors (Lipinski definition) is 2. The molecular formula is C28H54Cl2N2O11. The van der Waals surface area contributed by atoms with Crippen LogP contribution in [0, 0.1) is 11.8 Å². The topological polar surface area (TPSA) is 284 Å². The van der Waals surface area contributed by atoms with Crippen LogP contribution in [0.15, 0.2) is 24.3 Å². The fourth-order valence-electron chi connectivity index (χ4n) is 6.59. The molecule has 0 aromatic heterocycles. The number of benzene rings is 2. The molecule has 0 amide bonds. The fourth-order valence-corrected chi connectivity index (χ4v) is 6.59. The Morgan fingerprint density at radius 3 is 1.91 bits per heavy atom. The van der Waals surface area contributed by atoms with Gasteiger partial charge in [0.15, 0.2) is 23.0 Å². The second-order valence-corrected chi connectivity index (χ2v) is 10.0. The van der Waals surface area contributed by atoms with Crippen molar-refractivity contribution in [2.75, 3.05) is 41.0 Å². The highest BCUT2D eigenvalue weighted by Crippen LogP contribution is 2.48. The smallest absolute Gasteiger partial charge is 0.161 e. The van der Waals surface area contributed by atoms with Gasteiger partial charge in [0.2, 0.25) is 0 Å². The van der Waals surface area contributed by atoms with Crippen LogP contribution in [0.5, 0.6) is 23.0 Å². The van der Waals surface area contributed by atoms with Crippen LogP contribution >= 0.6 is 24.8 Å². The fraction of sp³-hybridized carbons (Fsp3) is 0.571. The number of aromatic hydroxyl groups is 1. The zero-order valence-electron chi connectivity index (χ0n) is 25.2. The summed E-state index contributed by atoms with van der Waals surface area (Å²) < 4.78 is 16.7. The van der Waals surface area contributed by atoms with Crippen molar-refractivity contribution in [2.24, 2.45) is 11.8 Å². The van der Waals surface area contributed by atoms with Crippen molar-refractivity contribution in [3.8, 4) is 23.0 Å². The van der Waals surface area contributed by atoms with E-state index in [9.17, 15) is 5.11 Å². The van der Waals surface area contributed by atoms with Crippen LogP contribution in [0.1, 0.15) is 60.5 Å². The van der Waals surface area contributed by atoms with E-state index in [0.29, 0.717) is 23.6 Å². The number of fused-ring (bicyclic) bond motifs is 4. The number of nitrogens with zero attached hydrogens (tertiary/aromatic N) is 1. The quantitative estimate of drug-likeness (QED) is 0.418. The highest BCUT2D eigenvalue weighted by atomic mass is 35.5. The number of ether oxygens (including phenoxy) is 3. The summed E-state index contributed by atoms with van der Waals surface area (Å²) in [6.07, 6.45) is 5.46. The lowest BCUT2D eigenvalue weighted by Crippen LogP contribution is -2.46. The average Bonchev–Trinajstić information content (AvgIpc) is 2.87. The summed E-state index contributed by atoms with van der Waals surface area (Å²) in [5.41, 5.74) is 5.34. The van der Waals surface area contributed by atoms with Gasteiger partial charge in [-0.3, -0.25) is 4.90 Å². The Labute approximate surface area is 265 Å². The molecule has 2 aromatic rings. The van der Waals surface area contributed by atoms with Crippen LogP contribution in [0.3, 0.4) is 0 Å². The first-order valence-corrected chi connectivity index (χ1v) is 12.7. The first-order chi connectivity index (χ1) is 16.6. The molecule has 3 aliphatic rings. The molecule has 13 nitrogen and oxygen atoms in total. The molecule has 1 fully saturated rings. The Bertz CT molecular complexity index is 1070. The standard InChI is InChI=1S/C28H38N2O4.2ClH.7H2O/c1-5-17-16-30-9-7-19-13-27(33-3)28(34-4)15-22(19)24(30)11-20(17)10-23-21-14-26(32-2)25(31)12-18(21)6-8-29-23;;;;;;;;;/h12-15,17,20,23-24,29,31H,5-11,16H2,1-4H3;2*1H;7*1H2/t17-,20-,23+,24-;;;;;;;;;/m0........./s1. The summed E-state index contributed by atoms with van der Waals surface area (Å²) in [6.45, 7) is 5.55. The van der Waals surface area contributed by atoms with Gasteiger partial charge in [-0.05, 0) is 90.6 Å². The van der Waals surface area contributed by atoms with Crippen LogP contribution in [0.25, 0.3) is 0 Å². The Balaban J connectivity index is -0.000000535. The van der Waals surface area contributed by atoms with Crippen LogP contribution in [-0.4, -0.2) is 89.3 Å². The van der Waals surface area contributed by atoms with Crippen LogP contribution in [0.4, 0.5) is 0 Å². The number of phenolic OH excluding ortho intramolecular Hbond substituents is 1. The third-order valence-electron chi connectivity index (χ3n) is 8.44. The van der Waals surface area contributed by atoms with E-state index in [1.807, 2.05) is 12.1 Å². The summed E-state index contributed by atoms with van der Waals surface area (Å²) in [7, 11) is 5.06. The predicted octanol–water partition coefficient (Wildman–Crippen LogP) is -0.289. The van der Waals surface area contributed by atoms with E-state index in [2.05, 4.69) is 29.3 Å². The normalized spacial score (nSPS) is 20.7. The van der Waals surface area contributed by atoms with Gasteiger partial charge < -0.3 is 63.0 Å². The van der Waals surface area contributed by atoms with E-state index < -0.39 is 0 Å². The van der Waals surface area contributed by atoms with Gasteiger partial charge >= 0.3 is 0 Å². The van der Waals surface area contributed by atoms with Gasteiger partial charge in [0.25, 0.3) is 0 Å². The van der Waals surface area contributed by atoms with Crippen molar-refractivity contribution in [1.82, 2.24) is 10.2 Å². The lowest BCUT2D eigenvalue weighted by atomic mass is 9.72. The molecule has 4 atom stereocenters. The van der Waals surface area contributed by atoms with Gasteiger partial charge in [-0.15, -0.1) is 24.8 Å². The number of halogens is 2. The minimum atomic E-state index is 0. The lowest BCUT2D eigenvalue weighted by Gasteiger charge is -2.48. The molecule has 15 heteroatoms. The van der Waals surface area contributed by atoms with Crippen molar-refractivity contribution in [2.45, 2.75) is 51.1 Å². The lowest BCUT2D eigenvalue weighted by molar-refractivity contribution is 0.0434. The molecule has 1 saturated heterocycles. The van der Waals surface area contributed by atoms with E-state index >= 15 is 0 Å². The third kappa shape index (κ3) is 9.67. The zero-order valence-corrected chi connectivity index (χ0v) is 26.8. The largest absolute Gasteiger partial charge is 0.504 e. The van der Waals surface area contributed by atoms with E-state index in [0.717, 1.165) is 56.8 Å². The highest BCUT2D eigenvalue weighted by Gasteiger charge is 2.40. The van der Waals surface area contributed by atoms with E-state index in [1.54, 1.807) is 21.3 Å². The summed E-state index contributed by atoms with van der Waals surface area (Å²) in [6, 6.07) is 9.06. The van der Waals surface area contributed by atoms with E-state index in [4.69, 9.17) is 14.2 Å². The number of nitrogens with one attached hydrogen (secondary N) is 1. The van der Waals surface area contributed by atoms with Crippen molar-refractivity contribution in [3.63, 3.8) is 0 Å². The predicted molar refractivity (Wildman–Crippen MR) is 173 cm³/mol. The molecule has 2 aromatic carbocycles. The van der Waals surface area contributed by atoms with Gasteiger partial charge in [0.1, 0.15) is 0 Å². The van der Waals surface area contributed by atoms with Crippen molar-refractivity contribution < 1.29 is 57.7 Å². The van der Waals surface area contributed by atoms with Gasteiger partial charge in [0, 0.05) is 25.2 Å². The average molecular weight is 666 g/mol. The molecule has 16 N–H and O–H groups in total. The number of phenols is 1. The zero-order chi connectivity index (χ0) is 23.8. The second kappa shape index (κ2) is 21.5. The first-order valence-electron chi connectivity index (χ1n) is 12.7. The Morgan fingerprint density at radius 1 is 0.767 bits per heavy atom. The molecule has 43 heavy (non-hydrogen) atoms. The number of piperidine rings is 1. The minimum Gasteiger partial charge on any atom is -0.504 e. The SMILES string of the molecule is CC[C@H]1CN2CCc3cc(OC)c(OC)cc3[C@@H]2C[C@@H]1C[C@H]1NCCc2cc(O)c(OC)cc21.Cl.Cl.O.O.O.O.O.O.O. The number of hydrogen-bond acceptors (Lipinski definition) is 6. The van der Waals surface area contributed by atoms with Crippen molar-refractivity contribution in [1.29, 1.82) is 0 Å². The van der Waals surface area contributed by atoms with Gasteiger partial charge in [-0.25, -0.2) is 0 Å². The molecule has 0 unspecified atom stereocenters.